The molecule has 0 aromatic heterocycles. The predicted molar refractivity (Wildman–Crippen MR) is 167 cm³/mol. The number of rotatable bonds is 4. The van der Waals surface area contributed by atoms with Crippen molar-refractivity contribution in [1.29, 1.82) is 5.26 Å². The molecular weight excluding hydrogens is 608 g/mol. The molecule has 2 aromatic carbocycles. The maximum Gasteiger partial charge on any atom is 0.412 e. The second-order valence-electron chi connectivity index (χ2n) is 13.8. The molecule has 2 aromatic rings. The number of nitrogens with two attached hydrogens (primary N) is 3. The Hall–Kier alpha value is -4.97. The number of amides is 2. The molecule has 6 atom stereocenters. The average molecular weight is 645 g/mol. The standard InChI is InChI=1S/C33H36N6O8/c1-30(2,3)47-29(46)38-16-8-6-15(7-9-16)17-10-11-19(40)20-18(17)12-31(36)13-33(37)25(39(4)5)24(42)21(28(35)45)26(43)32(33,14-34)27(44)22(31)23(20)41/h6-11,21-22,25,40H,12-13,36-37H2,1-5H3,(H2,35,45)(H,38,46)/t21?,22?,25-,31-,32+,33-/m1/s1. The van der Waals surface area contributed by atoms with Crippen molar-refractivity contribution in [2.75, 3.05) is 19.4 Å². The van der Waals surface area contributed by atoms with Gasteiger partial charge in [-0.15, -0.1) is 0 Å². The molecule has 246 valence electrons. The summed E-state index contributed by atoms with van der Waals surface area (Å²) in [5.41, 5.74) is 13.2. The van der Waals surface area contributed by atoms with Crippen LogP contribution in [0, 0.1) is 28.6 Å². The van der Waals surface area contributed by atoms with Crippen LogP contribution < -0.4 is 22.5 Å². The highest BCUT2D eigenvalue weighted by Gasteiger charge is 2.78. The van der Waals surface area contributed by atoms with Crippen LogP contribution in [0.2, 0.25) is 0 Å². The van der Waals surface area contributed by atoms with E-state index in [0.717, 1.165) is 0 Å². The van der Waals surface area contributed by atoms with E-state index in [2.05, 4.69) is 5.32 Å². The molecule has 2 amide bonds. The summed E-state index contributed by atoms with van der Waals surface area (Å²) in [5.74, 6) is -10.3. The Bertz CT molecular complexity index is 1810. The summed E-state index contributed by atoms with van der Waals surface area (Å²) in [7, 11) is 2.87. The van der Waals surface area contributed by atoms with E-state index in [1.807, 2.05) is 0 Å². The summed E-state index contributed by atoms with van der Waals surface area (Å²) >= 11 is 0. The van der Waals surface area contributed by atoms with Gasteiger partial charge in [0.05, 0.1) is 23.2 Å². The maximum absolute atomic E-state index is 14.5. The number of carbonyl (C=O) groups is 6. The number of Topliss-reactive ketones (excluding diaryl/α,β-unsaturated/α-hetero) is 4. The topological polar surface area (TPSA) is 249 Å². The van der Waals surface area contributed by atoms with Crippen LogP contribution in [-0.2, 0) is 30.3 Å². The zero-order valence-corrected chi connectivity index (χ0v) is 26.5. The number of benzene rings is 2. The minimum atomic E-state index is -2.82. The fraction of sp³-hybridized carbons (Fsp3) is 0.424. The number of hydrogen-bond acceptors (Lipinski definition) is 12. The Labute approximate surface area is 270 Å². The Balaban J connectivity index is 1.63. The third-order valence-electron chi connectivity index (χ3n) is 9.32. The lowest BCUT2D eigenvalue weighted by atomic mass is 9.42. The molecule has 14 heteroatoms. The van der Waals surface area contributed by atoms with Gasteiger partial charge in [0, 0.05) is 11.2 Å². The zero-order valence-electron chi connectivity index (χ0n) is 26.5. The quantitative estimate of drug-likeness (QED) is 0.290. The van der Waals surface area contributed by atoms with Crippen LogP contribution in [0.15, 0.2) is 36.4 Å². The average Bonchev–Trinajstić information content (AvgIpc) is 2.91. The van der Waals surface area contributed by atoms with Gasteiger partial charge in [0.25, 0.3) is 0 Å². The molecule has 47 heavy (non-hydrogen) atoms. The number of nitrogens with zero attached hydrogens (tertiary/aromatic N) is 2. The highest BCUT2D eigenvalue weighted by molar-refractivity contribution is 6.33. The SMILES string of the molecule is CN(C)[C@@H]1C(=O)C(C(N)=O)C(=O)[C@@]2(C#N)C(=O)C3C(=O)c4c(O)ccc(-c5ccc(NC(=O)OC(C)(C)C)cc5)c4C[C@@]3(N)C[C@@]12N. The Kier molecular flexibility index (Phi) is 7.67. The fourth-order valence-corrected chi connectivity index (χ4v) is 7.63. The maximum atomic E-state index is 14.5. The number of fused-ring (bicyclic) bond motifs is 3. The lowest BCUT2D eigenvalue weighted by Crippen LogP contribution is -2.85. The van der Waals surface area contributed by atoms with Crippen molar-refractivity contribution in [2.45, 2.75) is 56.3 Å². The Morgan fingerprint density at radius 3 is 2.19 bits per heavy atom. The number of anilines is 1. The number of hydrogen-bond donors (Lipinski definition) is 5. The highest BCUT2D eigenvalue weighted by Crippen LogP contribution is 2.57. The zero-order chi connectivity index (χ0) is 35.0. The Morgan fingerprint density at radius 1 is 1.04 bits per heavy atom. The molecule has 2 fully saturated rings. The van der Waals surface area contributed by atoms with Crippen LogP contribution in [0.1, 0.15) is 43.1 Å². The third kappa shape index (κ3) is 4.81. The van der Waals surface area contributed by atoms with Gasteiger partial charge in [-0.1, -0.05) is 18.2 Å². The van der Waals surface area contributed by atoms with Crippen LogP contribution in [0.25, 0.3) is 11.1 Å². The number of ketones is 4. The van der Waals surface area contributed by atoms with E-state index < -0.39 is 87.3 Å². The minimum Gasteiger partial charge on any atom is -0.507 e. The molecule has 3 aliphatic rings. The van der Waals surface area contributed by atoms with Crippen molar-refractivity contribution < 1.29 is 38.6 Å². The first-order valence-corrected chi connectivity index (χ1v) is 14.8. The monoisotopic (exact) mass is 644 g/mol. The van der Waals surface area contributed by atoms with Crippen molar-refractivity contribution in [3.05, 3.63) is 47.5 Å². The number of nitriles is 1. The molecule has 0 saturated heterocycles. The highest BCUT2D eigenvalue weighted by atomic mass is 16.6. The molecule has 3 aliphatic carbocycles. The minimum absolute atomic E-state index is 0.214. The van der Waals surface area contributed by atoms with E-state index in [1.165, 1.54) is 25.1 Å². The molecule has 14 nitrogen and oxygen atoms in total. The van der Waals surface area contributed by atoms with Crippen molar-refractivity contribution in [3.8, 4) is 22.9 Å². The summed E-state index contributed by atoms with van der Waals surface area (Å²) < 4.78 is 5.28. The van der Waals surface area contributed by atoms with Crippen LogP contribution >= 0.6 is 0 Å². The molecule has 0 spiro atoms. The van der Waals surface area contributed by atoms with Crippen LogP contribution in [-0.4, -0.2) is 82.0 Å². The summed E-state index contributed by atoms with van der Waals surface area (Å²) in [4.78, 5) is 82.0. The van der Waals surface area contributed by atoms with Gasteiger partial charge in [-0.05, 0) is 82.6 Å². The largest absolute Gasteiger partial charge is 0.507 e. The van der Waals surface area contributed by atoms with Crippen LogP contribution in [0.3, 0.4) is 0 Å². The smallest absolute Gasteiger partial charge is 0.412 e. The summed E-state index contributed by atoms with van der Waals surface area (Å²) in [6.07, 6.45) is -1.39. The molecule has 2 saturated carbocycles. The summed E-state index contributed by atoms with van der Waals surface area (Å²) in [6, 6.07) is 9.59. The normalized spacial score (nSPS) is 30.1. The number of nitrogens with one attached hydrogen (secondary N) is 1. The molecular formula is C33H36N6O8. The third-order valence-corrected chi connectivity index (χ3v) is 9.32. The van der Waals surface area contributed by atoms with Gasteiger partial charge in [-0.25, -0.2) is 4.79 Å². The number of primary amides is 1. The molecule has 0 heterocycles. The van der Waals surface area contributed by atoms with Crippen molar-refractivity contribution >= 4 is 40.8 Å². The summed E-state index contributed by atoms with van der Waals surface area (Å²) in [5, 5.41) is 24.1. The number of carbonyl (C=O) groups excluding carboxylic acids is 6. The lowest BCUT2D eigenvalue weighted by Gasteiger charge is -2.60. The molecule has 0 aliphatic heterocycles. The van der Waals surface area contributed by atoms with E-state index in [-0.39, 0.29) is 17.5 Å². The molecule has 5 rings (SSSR count). The molecule has 0 radical (unpaired) electrons. The first-order chi connectivity index (χ1) is 21.7. The second-order valence-corrected chi connectivity index (χ2v) is 13.8. The number of likely N-dealkylation sites (N-methyl/N-ethyl adjacent to an activating group) is 1. The van der Waals surface area contributed by atoms with Crippen molar-refractivity contribution in [1.82, 2.24) is 4.90 Å². The van der Waals surface area contributed by atoms with E-state index in [0.29, 0.717) is 16.8 Å². The van der Waals surface area contributed by atoms with Crippen molar-refractivity contribution in [3.63, 3.8) is 0 Å². The molecule has 2 unspecified atom stereocenters. The van der Waals surface area contributed by atoms with Crippen LogP contribution in [0.5, 0.6) is 5.75 Å². The van der Waals surface area contributed by atoms with E-state index >= 15 is 0 Å². The lowest BCUT2D eigenvalue weighted by molar-refractivity contribution is -0.166. The van der Waals surface area contributed by atoms with Gasteiger partial charge < -0.3 is 27.0 Å². The van der Waals surface area contributed by atoms with Crippen molar-refractivity contribution in [2.24, 2.45) is 34.5 Å². The fourth-order valence-electron chi connectivity index (χ4n) is 7.63. The van der Waals surface area contributed by atoms with Gasteiger partial charge in [0.2, 0.25) is 5.91 Å². The predicted octanol–water partition coefficient (Wildman–Crippen LogP) is 0.822. The van der Waals surface area contributed by atoms with Gasteiger partial charge in [0.1, 0.15) is 17.3 Å². The van der Waals surface area contributed by atoms with E-state index in [9.17, 15) is 39.1 Å². The van der Waals surface area contributed by atoms with Gasteiger partial charge in [-0.2, -0.15) is 5.26 Å². The second kappa shape index (κ2) is 10.8. The number of phenolic OH excluding ortho intramolecular Hbond substituents is 1. The molecule has 0 bridgehead atoms. The summed E-state index contributed by atoms with van der Waals surface area (Å²) in [6.45, 7) is 5.19. The van der Waals surface area contributed by atoms with Gasteiger partial charge >= 0.3 is 6.09 Å². The Morgan fingerprint density at radius 2 is 1.66 bits per heavy atom. The molecule has 8 N–H and O–H groups in total. The number of aromatic hydroxyl groups is 1. The van der Waals surface area contributed by atoms with Gasteiger partial charge in [-0.3, -0.25) is 34.2 Å². The van der Waals surface area contributed by atoms with Crippen LogP contribution in [0.4, 0.5) is 10.5 Å². The van der Waals surface area contributed by atoms with Gasteiger partial charge in [0.15, 0.2) is 34.5 Å². The van der Waals surface area contributed by atoms with E-state index in [1.54, 1.807) is 57.2 Å². The van der Waals surface area contributed by atoms with E-state index in [4.69, 9.17) is 21.9 Å². The first-order valence-electron chi connectivity index (χ1n) is 14.8. The first kappa shape index (κ1) is 33.4. The number of phenols is 1. The number of ether oxygens (including phenoxy) is 1.